The van der Waals surface area contributed by atoms with E-state index in [1.807, 2.05) is 4.90 Å². The molecule has 0 radical (unpaired) electrons. The molecule has 104 valence electrons. The molecule has 0 atom stereocenters. The molecule has 1 aliphatic rings. The molecule has 1 fully saturated rings. The first kappa shape index (κ1) is 14.7. The van der Waals surface area contributed by atoms with Gasteiger partial charge in [0.25, 0.3) is 0 Å². The second-order valence-corrected chi connectivity index (χ2v) is 5.61. The van der Waals surface area contributed by atoms with Crippen LogP contribution in [0.1, 0.15) is 12.8 Å². The Labute approximate surface area is 127 Å². The molecule has 0 saturated carbocycles. The Morgan fingerprint density at radius 1 is 1.32 bits per heavy atom. The molecule has 1 aromatic rings. The summed E-state index contributed by atoms with van der Waals surface area (Å²) in [6.45, 7) is 1.45. The van der Waals surface area contributed by atoms with Gasteiger partial charge >= 0.3 is 0 Å². The van der Waals surface area contributed by atoms with Gasteiger partial charge in [0.15, 0.2) is 0 Å². The predicted octanol–water partition coefficient (Wildman–Crippen LogP) is 3.00. The van der Waals surface area contributed by atoms with Gasteiger partial charge in [0.2, 0.25) is 5.91 Å². The molecular formula is C12H14Cl3N3O. The van der Waals surface area contributed by atoms with Gasteiger partial charge in [-0.2, -0.15) is 0 Å². The van der Waals surface area contributed by atoms with Crippen LogP contribution in [0.2, 0.25) is 15.2 Å². The van der Waals surface area contributed by atoms with Crippen LogP contribution in [0.4, 0.5) is 5.82 Å². The van der Waals surface area contributed by atoms with Gasteiger partial charge in [0.1, 0.15) is 11.0 Å². The first-order valence-corrected chi connectivity index (χ1v) is 7.14. The fraction of sp³-hybridized carbons (Fsp3) is 0.500. The summed E-state index contributed by atoms with van der Waals surface area (Å²) in [5, 5.41) is 3.75. The number of nitrogens with one attached hydrogen (secondary N) is 1. The lowest BCUT2D eigenvalue weighted by molar-refractivity contribution is -0.125. The molecule has 0 bridgehead atoms. The van der Waals surface area contributed by atoms with Crippen LogP contribution in [0.15, 0.2) is 6.07 Å². The van der Waals surface area contributed by atoms with Crippen molar-refractivity contribution in [2.24, 2.45) is 5.92 Å². The van der Waals surface area contributed by atoms with Crippen molar-refractivity contribution in [3.63, 3.8) is 0 Å². The van der Waals surface area contributed by atoms with Crippen molar-refractivity contribution in [1.82, 2.24) is 10.3 Å². The number of hydrogen-bond acceptors (Lipinski definition) is 3. The summed E-state index contributed by atoms with van der Waals surface area (Å²) in [5.41, 5.74) is 0. The predicted molar refractivity (Wildman–Crippen MR) is 78.3 cm³/mol. The molecule has 0 spiro atoms. The van der Waals surface area contributed by atoms with E-state index in [0.717, 1.165) is 25.9 Å². The van der Waals surface area contributed by atoms with E-state index in [4.69, 9.17) is 34.8 Å². The average molecular weight is 323 g/mol. The molecule has 1 N–H and O–H groups in total. The fourth-order valence-corrected chi connectivity index (χ4v) is 2.83. The molecule has 19 heavy (non-hydrogen) atoms. The first-order chi connectivity index (χ1) is 9.02. The molecule has 1 saturated heterocycles. The Kier molecular flexibility index (Phi) is 4.76. The van der Waals surface area contributed by atoms with E-state index in [-0.39, 0.29) is 17.0 Å². The van der Waals surface area contributed by atoms with Crippen LogP contribution in [0.25, 0.3) is 0 Å². The maximum absolute atomic E-state index is 11.6. The molecule has 1 aromatic heterocycles. The topological polar surface area (TPSA) is 45.2 Å². The number of rotatable bonds is 2. The van der Waals surface area contributed by atoms with Gasteiger partial charge in [0.05, 0.1) is 10.0 Å². The summed E-state index contributed by atoms with van der Waals surface area (Å²) in [6.07, 6.45) is 1.55. The van der Waals surface area contributed by atoms with E-state index in [1.165, 1.54) is 0 Å². The highest BCUT2D eigenvalue weighted by atomic mass is 35.5. The number of halogens is 3. The van der Waals surface area contributed by atoms with Gasteiger partial charge in [-0.05, 0) is 18.9 Å². The quantitative estimate of drug-likeness (QED) is 0.851. The van der Waals surface area contributed by atoms with Crippen LogP contribution in [0, 0.1) is 5.92 Å². The van der Waals surface area contributed by atoms with Gasteiger partial charge in [-0.1, -0.05) is 34.8 Å². The standard InChI is InChI=1S/C12H14Cl3N3O/c1-16-12(19)7-2-4-18(5-3-7)11-9(14)6-8(13)10(15)17-11/h6-7H,2-5H2,1H3,(H,16,19). The highest BCUT2D eigenvalue weighted by Crippen LogP contribution is 2.33. The molecule has 0 aliphatic carbocycles. The second kappa shape index (κ2) is 6.16. The zero-order valence-electron chi connectivity index (χ0n) is 10.4. The lowest BCUT2D eigenvalue weighted by Crippen LogP contribution is -2.40. The monoisotopic (exact) mass is 321 g/mol. The normalized spacial score (nSPS) is 16.5. The Balaban J connectivity index is 2.10. The molecule has 4 nitrogen and oxygen atoms in total. The minimum atomic E-state index is 0.0581. The second-order valence-electron chi connectivity index (χ2n) is 4.44. The molecule has 7 heteroatoms. The van der Waals surface area contributed by atoms with Gasteiger partial charge < -0.3 is 10.2 Å². The number of carbonyl (C=O) groups is 1. The Bertz CT molecular complexity index is 487. The SMILES string of the molecule is CNC(=O)C1CCN(c2nc(Cl)c(Cl)cc2Cl)CC1. The van der Waals surface area contributed by atoms with E-state index >= 15 is 0 Å². The minimum absolute atomic E-state index is 0.0581. The third kappa shape index (κ3) is 3.25. The van der Waals surface area contributed by atoms with Gasteiger partial charge in [-0.3, -0.25) is 4.79 Å². The van der Waals surface area contributed by atoms with Crippen LogP contribution in [0.5, 0.6) is 0 Å². The summed E-state index contributed by atoms with van der Waals surface area (Å²) in [4.78, 5) is 17.8. The Morgan fingerprint density at radius 2 is 1.95 bits per heavy atom. The van der Waals surface area contributed by atoms with Crippen LogP contribution in [0.3, 0.4) is 0 Å². The summed E-state index contributed by atoms with van der Waals surface area (Å²) in [5.74, 6) is 0.780. The minimum Gasteiger partial charge on any atom is -0.359 e. The number of carbonyl (C=O) groups excluding carboxylic acids is 1. The maximum Gasteiger partial charge on any atom is 0.222 e. The summed E-state index contributed by atoms with van der Waals surface area (Å²) >= 11 is 17.9. The van der Waals surface area contributed by atoms with Crippen molar-refractivity contribution in [3.8, 4) is 0 Å². The number of hydrogen-bond donors (Lipinski definition) is 1. The van der Waals surface area contributed by atoms with Crippen LogP contribution < -0.4 is 10.2 Å². The van der Waals surface area contributed by atoms with Gasteiger partial charge in [-0.25, -0.2) is 4.98 Å². The molecule has 1 aliphatic heterocycles. The lowest BCUT2D eigenvalue weighted by Gasteiger charge is -2.32. The first-order valence-electron chi connectivity index (χ1n) is 6.01. The highest BCUT2D eigenvalue weighted by molar-refractivity contribution is 6.42. The van der Waals surface area contributed by atoms with E-state index in [0.29, 0.717) is 15.9 Å². The molecule has 0 unspecified atom stereocenters. The summed E-state index contributed by atoms with van der Waals surface area (Å²) in [6, 6.07) is 1.60. The number of aromatic nitrogens is 1. The number of pyridine rings is 1. The summed E-state index contributed by atoms with van der Waals surface area (Å²) < 4.78 is 0. The number of nitrogens with zero attached hydrogens (tertiary/aromatic N) is 2. The van der Waals surface area contributed by atoms with Gasteiger partial charge in [0, 0.05) is 26.1 Å². The maximum atomic E-state index is 11.6. The Morgan fingerprint density at radius 3 is 2.53 bits per heavy atom. The largest absolute Gasteiger partial charge is 0.359 e. The molecular weight excluding hydrogens is 309 g/mol. The fourth-order valence-electron chi connectivity index (χ4n) is 2.21. The van der Waals surface area contributed by atoms with Crippen molar-refractivity contribution in [1.29, 1.82) is 0 Å². The van der Waals surface area contributed by atoms with Gasteiger partial charge in [-0.15, -0.1) is 0 Å². The van der Waals surface area contributed by atoms with Crippen molar-refractivity contribution >= 4 is 46.5 Å². The third-order valence-corrected chi connectivity index (χ3v) is 4.23. The molecule has 2 rings (SSSR count). The zero-order valence-corrected chi connectivity index (χ0v) is 12.7. The number of amides is 1. The molecule has 1 amide bonds. The van der Waals surface area contributed by atoms with E-state index in [2.05, 4.69) is 10.3 Å². The van der Waals surface area contributed by atoms with E-state index < -0.39 is 0 Å². The van der Waals surface area contributed by atoms with Crippen molar-refractivity contribution in [2.75, 3.05) is 25.0 Å². The summed E-state index contributed by atoms with van der Waals surface area (Å²) in [7, 11) is 1.66. The van der Waals surface area contributed by atoms with Crippen molar-refractivity contribution in [3.05, 3.63) is 21.3 Å². The van der Waals surface area contributed by atoms with Crippen LogP contribution >= 0.6 is 34.8 Å². The zero-order chi connectivity index (χ0) is 14.0. The van der Waals surface area contributed by atoms with E-state index in [9.17, 15) is 4.79 Å². The third-order valence-electron chi connectivity index (χ3n) is 3.28. The Hall–Kier alpha value is -0.710. The lowest BCUT2D eigenvalue weighted by atomic mass is 9.96. The molecule has 0 aromatic carbocycles. The molecule has 2 heterocycles. The van der Waals surface area contributed by atoms with Crippen LogP contribution in [-0.4, -0.2) is 31.0 Å². The number of piperidine rings is 1. The number of anilines is 1. The smallest absolute Gasteiger partial charge is 0.222 e. The van der Waals surface area contributed by atoms with Crippen LogP contribution in [-0.2, 0) is 4.79 Å². The van der Waals surface area contributed by atoms with E-state index in [1.54, 1.807) is 13.1 Å². The average Bonchev–Trinajstić information content (AvgIpc) is 2.42. The highest BCUT2D eigenvalue weighted by Gasteiger charge is 2.26. The van der Waals surface area contributed by atoms with Crippen molar-refractivity contribution in [2.45, 2.75) is 12.8 Å². The van der Waals surface area contributed by atoms with Crippen molar-refractivity contribution < 1.29 is 4.79 Å².